The molecule has 1 aromatic carbocycles. The zero-order chi connectivity index (χ0) is 9.68. The minimum Gasteiger partial charge on any atom is -0.330 e. The molecular formula is C10H11ClFN. The summed E-state index contributed by atoms with van der Waals surface area (Å²) < 4.78 is 13.1. The summed E-state index contributed by atoms with van der Waals surface area (Å²) in [6, 6.07) is 4.60. The Balaban J connectivity index is 2.77. The molecule has 0 aliphatic carbocycles. The van der Waals surface area contributed by atoms with E-state index < -0.39 is 0 Å². The van der Waals surface area contributed by atoms with Crippen molar-refractivity contribution in [2.45, 2.75) is 6.42 Å². The molecule has 3 heteroatoms. The maximum absolute atomic E-state index is 13.1. The first-order chi connectivity index (χ1) is 6.24. The molecule has 1 aromatic rings. The molecule has 0 fully saturated rings. The third-order valence-corrected chi connectivity index (χ3v) is 1.83. The maximum Gasteiger partial charge on any atom is 0.131 e. The van der Waals surface area contributed by atoms with Gasteiger partial charge >= 0.3 is 0 Å². The van der Waals surface area contributed by atoms with Gasteiger partial charge in [-0.3, -0.25) is 0 Å². The SMILES string of the molecule is NCCC=Cc1ccc(Cl)cc1F. The van der Waals surface area contributed by atoms with Gasteiger partial charge in [0.15, 0.2) is 0 Å². The van der Waals surface area contributed by atoms with Gasteiger partial charge in [0, 0.05) is 10.6 Å². The van der Waals surface area contributed by atoms with Gasteiger partial charge in [-0.15, -0.1) is 0 Å². The van der Waals surface area contributed by atoms with Gasteiger partial charge in [-0.2, -0.15) is 0 Å². The zero-order valence-electron chi connectivity index (χ0n) is 7.13. The number of nitrogens with two attached hydrogens (primary N) is 1. The highest BCUT2D eigenvalue weighted by Crippen LogP contribution is 2.15. The normalized spacial score (nSPS) is 11.0. The Bertz CT molecular complexity index is 310. The lowest BCUT2D eigenvalue weighted by atomic mass is 10.2. The van der Waals surface area contributed by atoms with Crippen LogP contribution < -0.4 is 5.73 Å². The van der Waals surface area contributed by atoms with Gasteiger partial charge in [-0.05, 0) is 25.1 Å². The molecule has 0 amide bonds. The van der Waals surface area contributed by atoms with Gasteiger partial charge in [0.25, 0.3) is 0 Å². The van der Waals surface area contributed by atoms with Crippen LogP contribution in [0.3, 0.4) is 0 Å². The van der Waals surface area contributed by atoms with Crippen molar-refractivity contribution < 1.29 is 4.39 Å². The Kier molecular flexibility index (Phi) is 3.93. The smallest absolute Gasteiger partial charge is 0.131 e. The lowest BCUT2D eigenvalue weighted by molar-refractivity contribution is 0.625. The van der Waals surface area contributed by atoms with E-state index in [1.807, 2.05) is 6.08 Å². The fourth-order valence-corrected chi connectivity index (χ4v) is 1.10. The van der Waals surface area contributed by atoms with Crippen LogP contribution >= 0.6 is 11.6 Å². The average molecular weight is 200 g/mol. The fraction of sp³-hybridized carbons (Fsp3) is 0.200. The predicted octanol–water partition coefficient (Wildman–Crippen LogP) is 2.84. The molecule has 0 aliphatic heterocycles. The second-order valence-corrected chi connectivity index (χ2v) is 3.08. The summed E-state index contributed by atoms with van der Waals surface area (Å²) in [4.78, 5) is 0. The molecule has 0 saturated heterocycles. The van der Waals surface area contributed by atoms with Crippen LogP contribution in [0.1, 0.15) is 12.0 Å². The second-order valence-electron chi connectivity index (χ2n) is 2.65. The number of hydrogen-bond acceptors (Lipinski definition) is 1. The first kappa shape index (κ1) is 10.2. The van der Waals surface area contributed by atoms with Gasteiger partial charge in [-0.25, -0.2) is 4.39 Å². The van der Waals surface area contributed by atoms with Gasteiger partial charge in [-0.1, -0.05) is 29.8 Å². The van der Waals surface area contributed by atoms with Gasteiger partial charge in [0.1, 0.15) is 5.82 Å². The summed E-state index contributed by atoms with van der Waals surface area (Å²) in [6.45, 7) is 0.575. The van der Waals surface area contributed by atoms with E-state index >= 15 is 0 Å². The van der Waals surface area contributed by atoms with Crippen molar-refractivity contribution >= 4 is 17.7 Å². The molecule has 0 aromatic heterocycles. The van der Waals surface area contributed by atoms with E-state index in [2.05, 4.69) is 0 Å². The molecule has 1 nitrogen and oxygen atoms in total. The van der Waals surface area contributed by atoms with E-state index in [4.69, 9.17) is 17.3 Å². The van der Waals surface area contributed by atoms with E-state index in [1.54, 1.807) is 18.2 Å². The molecule has 0 spiro atoms. The Morgan fingerprint density at radius 1 is 1.46 bits per heavy atom. The molecule has 13 heavy (non-hydrogen) atoms. The van der Waals surface area contributed by atoms with E-state index in [0.717, 1.165) is 6.42 Å². The molecular weight excluding hydrogens is 189 g/mol. The monoisotopic (exact) mass is 199 g/mol. The molecule has 0 bridgehead atoms. The summed E-state index contributed by atoms with van der Waals surface area (Å²) >= 11 is 5.59. The van der Waals surface area contributed by atoms with Crippen LogP contribution in [0.4, 0.5) is 4.39 Å². The van der Waals surface area contributed by atoms with Crippen molar-refractivity contribution in [3.63, 3.8) is 0 Å². The highest BCUT2D eigenvalue weighted by Gasteiger charge is 1.97. The molecule has 0 saturated carbocycles. The minimum atomic E-state index is -0.305. The molecule has 70 valence electrons. The molecule has 0 atom stereocenters. The first-order valence-corrected chi connectivity index (χ1v) is 4.43. The van der Waals surface area contributed by atoms with E-state index in [1.165, 1.54) is 6.07 Å². The highest BCUT2D eigenvalue weighted by molar-refractivity contribution is 6.30. The minimum absolute atomic E-state index is 0.305. The topological polar surface area (TPSA) is 26.0 Å². The second kappa shape index (κ2) is 5.00. The summed E-state index contributed by atoms with van der Waals surface area (Å²) in [5, 5.41) is 0.411. The summed E-state index contributed by atoms with van der Waals surface area (Å²) in [5.74, 6) is -0.305. The van der Waals surface area contributed by atoms with Crippen molar-refractivity contribution in [1.82, 2.24) is 0 Å². The lowest BCUT2D eigenvalue weighted by Gasteiger charge is -1.96. The van der Waals surface area contributed by atoms with Crippen LogP contribution in [-0.4, -0.2) is 6.54 Å². The van der Waals surface area contributed by atoms with E-state index in [-0.39, 0.29) is 5.82 Å². The Morgan fingerprint density at radius 2 is 2.23 bits per heavy atom. The Hall–Kier alpha value is -0.860. The van der Waals surface area contributed by atoms with E-state index in [0.29, 0.717) is 17.1 Å². The number of hydrogen-bond donors (Lipinski definition) is 1. The van der Waals surface area contributed by atoms with Crippen LogP contribution in [0, 0.1) is 5.82 Å². The first-order valence-electron chi connectivity index (χ1n) is 4.05. The van der Waals surface area contributed by atoms with Crippen LogP contribution in [0.15, 0.2) is 24.3 Å². The van der Waals surface area contributed by atoms with Crippen molar-refractivity contribution in [1.29, 1.82) is 0 Å². The molecule has 1 rings (SSSR count). The third-order valence-electron chi connectivity index (χ3n) is 1.59. The molecule has 2 N–H and O–H groups in total. The Labute approximate surface area is 82.0 Å². The summed E-state index contributed by atoms with van der Waals surface area (Å²) in [6.07, 6.45) is 4.30. The zero-order valence-corrected chi connectivity index (χ0v) is 7.89. The van der Waals surface area contributed by atoms with Crippen molar-refractivity contribution in [3.8, 4) is 0 Å². The molecule has 0 radical (unpaired) electrons. The quantitative estimate of drug-likeness (QED) is 0.796. The van der Waals surface area contributed by atoms with Crippen molar-refractivity contribution in [2.75, 3.05) is 6.54 Å². The van der Waals surface area contributed by atoms with Crippen LogP contribution in [-0.2, 0) is 0 Å². The maximum atomic E-state index is 13.1. The fourth-order valence-electron chi connectivity index (χ4n) is 0.943. The highest BCUT2D eigenvalue weighted by atomic mass is 35.5. The van der Waals surface area contributed by atoms with Crippen molar-refractivity contribution in [3.05, 3.63) is 40.7 Å². The van der Waals surface area contributed by atoms with Gasteiger partial charge in [0.2, 0.25) is 0 Å². The Morgan fingerprint density at radius 3 is 2.85 bits per heavy atom. The largest absolute Gasteiger partial charge is 0.330 e. The van der Waals surface area contributed by atoms with Crippen LogP contribution in [0.2, 0.25) is 5.02 Å². The summed E-state index contributed by atoms with van der Waals surface area (Å²) in [5.41, 5.74) is 5.83. The predicted molar refractivity (Wildman–Crippen MR) is 54.1 cm³/mol. The summed E-state index contributed by atoms with van der Waals surface area (Å²) in [7, 11) is 0. The molecule has 0 heterocycles. The van der Waals surface area contributed by atoms with Gasteiger partial charge in [0.05, 0.1) is 0 Å². The molecule has 0 unspecified atom stereocenters. The standard InChI is InChI=1S/C10H11ClFN/c11-9-5-4-8(10(12)7-9)3-1-2-6-13/h1,3-5,7H,2,6,13H2. The van der Waals surface area contributed by atoms with Crippen molar-refractivity contribution in [2.24, 2.45) is 5.73 Å². The third kappa shape index (κ3) is 3.17. The number of halogens is 2. The lowest BCUT2D eigenvalue weighted by Crippen LogP contribution is -1.95. The average Bonchev–Trinajstić information content (AvgIpc) is 2.09. The van der Waals surface area contributed by atoms with Crippen LogP contribution in [0.5, 0.6) is 0 Å². The molecule has 0 aliphatic rings. The number of benzene rings is 1. The van der Waals surface area contributed by atoms with Crippen LogP contribution in [0.25, 0.3) is 6.08 Å². The van der Waals surface area contributed by atoms with E-state index in [9.17, 15) is 4.39 Å². The number of rotatable bonds is 3. The van der Waals surface area contributed by atoms with Gasteiger partial charge < -0.3 is 5.73 Å².